The minimum absolute atomic E-state index is 0.138. The van der Waals surface area contributed by atoms with E-state index in [1.165, 1.54) is 0 Å². The van der Waals surface area contributed by atoms with Gasteiger partial charge in [0.2, 0.25) is 0 Å². The molecule has 0 aromatic carbocycles. The first kappa shape index (κ1) is 10.5. The number of rotatable bonds is 2. The Kier molecular flexibility index (Phi) is 2.97. The van der Waals surface area contributed by atoms with Crippen molar-refractivity contribution in [2.45, 2.75) is 6.18 Å². The molecule has 1 rings (SSSR count). The fourth-order valence-corrected chi connectivity index (χ4v) is 1.47. The maximum atomic E-state index is 12.0. The quantitative estimate of drug-likeness (QED) is 0.620. The van der Waals surface area contributed by atoms with Gasteiger partial charge >= 0.3 is 6.18 Å². The van der Waals surface area contributed by atoms with Crippen LogP contribution in [0, 0.1) is 0 Å². The summed E-state index contributed by atoms with van der Waals surface area (Å²) in [5.74, 6) is -0.642. The summed E-state index contributed by atoms with van der Waals surface area (Å²) >= 11 is 4.05. The molecule has 2 nitrogen and oxygen atoms in total. The van der Waals surface area contributed by atoms with E-state index in [9.17, 15) is 18.0 Å². The Morgan fingerprint density at radius 3 is 2.62 bits per heavy atom. The third-order valence-corrected chi connectivity index (χ3v) is 2.35. The lowest BCUT2D eigenvalue weighted by Crippen LogP contribution is -2.06. The van der Waals surface area contributed by atoms with E-state index < -0.39 is 17.0 Å². The Labute approximate surface area is 81.2 Å². The molecule has 0 N–H and O–H groups in total. The zero-order chi connectivity index (χ0) is 10.1. The van der Waals surface area contributed by atoms with Crippen LogP contribution < -0.4 is 0 Å². The van der Waals surface area contributed by atoms with Crippen LogP contribution in [0.1, 0.15) is 15.5 Å². The molecule has 0 aliphatic carbocycles. The van der Waals surface area contributed by atoms with Gasteiger partial charge in [-0.25, -0.2) is 4.98 Å². The summed E-state index contributed by atoms with van der Waals surface area (Å²) in [6, 6.07) is 0. The molecule has 1 heterocycles. The number of nitrogens with zero attached hydrogens (tertiary/aromatic N) is 1. The van der Waals surface area contributed by atoms with Crippen molar-refractivity contribution in [1.29, 1.82) is 0 Å². The van der Waals surface area contributed by atoms with Gasteiger partial charge in [-0.3, -0.25) is 4.79 Å². The van der Waals surface area contributed by atoms with Crippen LogP contribution in [-0.4, -0.2) is 16.5 Å². The molecule has 0 saturated heterocycles. The van der Waals surface area contributed by atoms with E-state index in [1.807, 2.05) is 0 Å². The molecule has 0 atom stereocenters. The number of carbonyl (C=O) groups excluding carboxylic acids is 1. The van der Waals surface area contributed by atoms with Gasteiger partial charge in [0.15, 0.2) is 10.8 Å². The van der Waals surface area contributed by atoms with E-state index in [-0.39, 0.29) is 11.4 Å². The largest absolute Gasteiger partial charge is 0.443 e. The monoisotopic (exact) mass is 227 g/mol. The average Bonchev–Trinajstić information content (AvgIpc) is 2.50. The number of thiazole rings is 1. The van der Waals surface area contributed by atoms with E-state index in [4.69, 9.17) is 0 Å². The van der Waals surface area contributed by atoms with Crippen molar-refractivity contribution in [2.24, 2.45) is 0 Å². The van der Waals surface area contributed by atoms with Gasteiger partial charge in [-0.05, 0) is 0 Å². The number of aromatic nitrogens is 1. The molecule has 0 unspecified atom stereocenters. The average molecular weight is 227 g/mol. The van der Waals surface area contributed by atoms with Crippen molar-refractivity contribution in [3.63, 3.8) is 0 Å². The summed E-state index contributed by atoms with van der Waals surface area (Å²) in [6.07, 6.45) is -4.47. The number of hydrogen-bond donors (Lipinski definition) is 1. The molecule has 0 bridgehead atoms. The van der Waals surface area contributed by atoms with E-state index in [1.54, 1.807) is 0 Å². The molecule has 1 aromatic heterocycles. The van der Waals surface area contributed by atoms with Gasteiger partial charge in [0.25, 0.3) is 0 Å². The second kappa shape index (κ2) is 3.67. The molecule has 0 aliphatic heterocycles. The molecule has 0 fully saturated rings. The molecule has 72 valence electrons. The molecular formula is C6H4F3NOS2. The number of Topliss-reactive ketones (excluding diaryl/α,β-unsaturated/α-hetero) is 1. The van der Waals surface area contributed by atoms with Crippen LogP contribution in [0.2, 0.25) is 0 Å². The second-order valence-corrected chi connectivity index (χ2v) is 3.29. The molecule has 0 radical (unpaired) electrons. The predicted molar refractivity (Wildman–Crippen MR) is 45.3 cm³/mol. The van der Waals surface area contributed by atoms with Crippen LogP contribution >= 0.6 is 24.0 Å². The Morgan fingerprint density at radius 1 is 1.62 bits per heavy atom. The topological polar surface area (TPSA) is 30.0 Å². The number of alkyl halides is 3. The molecule has 1 aromatic rings. The summed E-state index contributed by atoms with van der Waals surface area (Å²) < 4.78 is 36.0. The lowest BCUT2D eigenvalue weighted by molar-refractivity contribution is -0.137. The summed E-state index contributed by atoms with van der Waals surface area (Å²) in [5, 5.41) is 0.0825. The lowest BCUT2D eigenvalue weighted by atomic mass is 10.3. The van der Waals surface area contributed by atoms with Gasteiger partial charge in [0.1, 0.15) is 5.69 Å². The SMILES string of the molecule is O=C(CS)c1csc(C(F)(F)F)n1. The van der Waals surface area contributed by atoms with Crippen molar-refractivity contribution >= 4 is 29.7 Å². The summed E-state index contributed by atoms with van der Waals surface area (Å²) in [5.41, 5.74) is -0.174. The van der Waals surface area contributed by atoms with Crippen LogP contribution in [0.3, 0.4) is 0 Å². The maximum absolute atomic E-state index is 12.0. The highest BCUT2D eigenvalue weighted by Gasteiger charge is 2.34. The van der Waals surface area contributed by atoms with Crippen molar-refractivity contribution < 1.29 is 18.0 Å². The molecular weight excluding hydrogens is 223 g/mol. The number of ketones is 1. The molecule has 7 heteroatoms. The maximum Gasteiger partial charge on any atom is 0.443 e. The van der Waals surface area contributed by atoms with Crippen LogP contribution in [0.4, 0.5) is 13.2 Å². The zero-order valence-corrected chi connectivity index (χ0v) is 7.84. The zero-order valence-electron chi connectivity index (χ0n) is 6.13. The third-order valence-electron chi connectivity index (χ3n) is 1.18. The van der Waals surface area contributed by atoms with Crippen LogP contribution in [0.25, 0.3) is 0 Å². The van der Waals surface area contributed by atoms with Crippen molar-refractivity contribution in [3.8, 4) is 0 Å². The highest BCUT2D eigenvalue weighted by molar-refractivity contribution is 7.81. The minimum atomic E-state index is -4.47. The molecule has 0 saturated carbocycles. The third kappa shape index (κ3) is 2.44. The Morgan fingerprint density at radius 2 is 2.23 bits per heavy atom. The van der Waals surface area contributed by atoms with Crippen molar-refractivity contribution in [3.05, 3.63) is 16.1 Å². The Hall–Kier alpha value is -0.560. The van der Waals surface area contributed by atoms with Gasteiger partial charge in [0, 0.05) is 5.38 Å². The van der Waals surface area contributed by atoms with Crippen molar-refractivity contribution in [1.82, 2.24) is 4.98 Å². The van der Waals surface area contributed by atoms with E-state index in [0.717, 1.165) is 5.38 Å². The van der Waals surface area contributed by atoms with Gasteiger partial charge < -0.3 is 0 Å². The van der Waals surface area contributed by atoms with Gasteiger partial charge in [0.05, 0.1) is 5.75 Å². The number of thiol groups is 1. The van der Waals surface area contributed by atoms with Gasteiger partial charge in [-0.2, -0.15) is 25.8 Å². The first-order chi connectivity index (χ1) is 5.95. The summed E-state index contributed by atoms with van der Waals surface area (Å²) in [7, 11) is 0. The normalized spacial score (nSPS) is 11.7. The fraction of sp³-hybridized carbons (Fsp3) is 0.333. The molecule has 13 heavy (non-hydrogen) atoms. The van der Waals surface area contributed by atoms with E-state index >= 15 is 0 Å². The Balaban J connectivity index is 2.93. The molecule has 0 spiro atoms. The first-order valence-corrected chi connectivity index (χ1v) is 4.63. The van der Waals surface area contributed by atoms with Gasteiger partial charge in [-0.1, -0.05) is 0 Å². The minimum Gasteiger partial charge on any atom is -0.291 e. The highest BCUT2D eigenvalue weighted by atomic mass is 32.1. The predicted octanol–water partition coefficient (Wildman–Crippen LogP) is 2.27. The first-order valence-electron chi connectivity index (χ1n) is 3.12. The summed E-state index contributed by atoms with van der Waals surface area (Å²) in [6.45, 7) is 0. The lowest BCUT2D eigenvalue weighted by Gasteiger charge is -1.98. The van der Waals surface area contributed by atoms with E-state index in [2.05, 4.69) is 17.6 Å². The fourth-order valence-electron chi connectivity index (χ4n) is 0.613. The Bertz CT molecular complexity index is 320. The van der Waals surface area contributed by atoms with Crippen molar-refractivity contribution in [2.75, 3.05) is 5.75 Å². The molecule has 0 aliphatic rings. The second-order valence-electron chi connectivity index (χ2n) is 2.12. The molecule has 0 amide bonds. The van der Waals surface area contributed by atoms with E-state index in [0.29, 0.717) is 11.3 Å². The summed E-state index contributed by atoms with van der Waals surface area (Å²) in [4.78, 5) is 14.0. The van der Waals surface area contributed by atoms with Crippen LogP contribution in [0.5, 0.6) is 0 Å². The standard InChI is InChI=1S/C6H4F3NOS2/c7-6(8,9)5-10-3(2-13-5)4(11)1-12/h2,12H,1H2. The van der Waals surface area contributed by atoms with Gasteiger partial charge in [-0.15, -0.1) is 11.3 Å². The number of halogens is 3. The number of carbonyl (C=O) groups is 1. The number of hydrogen-bond acceptors (Lipinski definition) is 4. The van der Waals surface area contributed by atoms with Crippen LogP contribution in [0.15, 0.2) is 5.38 Å². The van der Waals surface area contributed by atoms with Crippen LogP contribution in [-0.2, 0) is 6.18 Å². The smallest absolute Gasteiger partial charge is 0.291 e. The highest BCUT2D eigenvalue weighted by Crippen LogP contribution is 2.31.